The molecule has 0 spiro atoms. The minimum atomic E-state index is 0.00786. The highest BCUT2D eigenvalue weighted by Crippen LogP contribution is 2.34. The molecule has 2 aliphatic carbocycles. The van der Waals surface area contributed by atoms with E-state index < -0.39 is 0 Å². The lowest BCUT2D eigenvalue weighted by Crippen LogP contribution is -2.48. The Bertz CT molecular complexity index is 752. The summed E-state index contributed by atoms with van der Waals surface area (Å²) in [7, 11) is 0. The smallest absolute Gasteiger partial charge is 0.276 e. The van der Waals surface area contributed by atoms with Crippen LogP contribution in [-0.2, 0) is 0 Å². The molecule has 146 valence electrons. The van der Waals surface area contributed by atoms with E-state index in [1.165, 1.54) is 38.5 Å². The predicted octanol–water partition coefficient (Wildman–Crippen LogP) is 6.57. The molecule has 5 nitrogen and oxygen atoms in total. The summed E-state index contributed by atoms with van der Waals surface area (Å²) in [5.41, 5.74) is 0.379. The van der Waals surface area contributed by atoms with Gasteiger partial charge in [-0.3, -0.25) is 4.79 Å². The van der Waals surface area contributed by atoms with Crippen LogP contribution in [0.3, 0.4) is 0 Å². The molecule has 2 fully saturated rings. The number of furan rings is 1. The van der Waals surface area contributed by atoms with E-state index >= 15 is 0 Å². The summed E-state index contributed by atoms with van der Waals surface area (Å²) in [5.74, 6) is 1.02. The van der Waals surface area contributed by atoms with Gasteiger partial charge in [-0.1, -0.05) is 43.7 Å². The number of hydrogen-bond donors (Lipinski definition) is 0. The molecule has 2 aromatic rings. The average molecular weight is 500 g/mol. The number of amides is 1. The number of rotatable bonds is 4. The number of nitrogens with zero attached hydrogens (tertiary/aromatic N) is 2. The second-order valence-electron chi connectivity index (χ2n) is 7.60. The third-order valence-electron chi connectivity index (χ3n) is 5.79. The fraction of sp³-hybridized carbons (Fsp3) is 0.600. The molecule has 0 saturated heterocycles. The van der Waals surface area contributed by atoms with Crippen molar-refractivity contribution in [1.29, 1.82) is 0 Å². The molecule has 0 unspecified atom stereocenters. The Morgan fingerprint density at radius 2 is 1.52 bits per heavy atom. The highest BCUT2D eigenvalue weighted by molar-refractivity contribution is 9.13. The molecule has 0 bridgehead atoms. The van der Waals surface area contributed by atoms with E-state index in [0.717, 1.165) is 30.2 Å². The molecule has 2 heterocycles. The largest absolute Gasteiger partial charge is 0.445 e. The quantitative estimate of drug-likeness (QED) is 0.477. The summed E-state index contributed by atoms with van der Waals surface area (Å²) in [6.07, 6.45) is 11.8. The Hall–Kier alpha value is -1.08. The maximum absolute atomic E-state index is 13.4. The SMILES string of the molecule is O=C(c1cc(-c2cc(Br)c(Br)o2)on1)N(C1CCCCC1)C1CCCCC1. The van der Waals surface area contributed by atoms with Crippen LogP contribution in [0.1, 0.15) is 74.7 Å². The molecule has 1 amide bonds. The van der Waals surface area contributed by atoms with Gasteiger partial charge in [0.2, 0.25) is 5.76 Å². The normalized spacial score (nSPS) is 19.3. The maximum atomic E-state index is 13.4. The highest BCUT2D eigenvalue weighted by Gasteiger charge is 2.34. The van der Waals surface area contributed by atoms with Crippen LogP contribution in [0.2, 0.25) is 0 Å². The molecular formula is C20H24Br2N2O3. The fourth-order valence-electron chi connectivity index (χ4n) is 4.44. The lowest BCUT2D eigenvalue weighted by Gasteiger charge is -2.41. The van der Waals surface area contributed by atoms with Crippen molar-refractivity contribution in [2.24, 2.45) is 0 Å². The second kappa shape index (κ2) is 8.52. The first kappa shape index (κ1) is 19.2. The van der Waals surface area contributed by atoms with Gasteiger partial charge in [0.15, 0.2) is 16.1 Å². The topological polar surface area (TPSA) is 59.5 Å². The van der Waals surface area contributed by atoms with Crippen molar-refractivity contribution in [3.05, 3.63) is 27.0 Å². The van der Waals surface area contributed by atoms with Crippen LogP contribution in [0.25, 0.3) is 11.5 Å². The van der Waals surface area contributed by atoms with Gasteiger partial charge in [-0.05, 0) is 57.5 Å². The van der Waals surface area contributed by atoms with E-state index in [1.807, 2.05) is 0 Å². The van der Waals surface area contributed by atoms with Gasteiger partial charge in [0.05, 0.1) is 4.47 Å². The van der Waals surface area contributed by atoms with Crippen LogP contribution in [-0.4, -0.2) is 28.0 Å². The summed E-state index contributed by atoms with van der Waals surface area (Å²) in [5, 5.41) is 4.09. The Kier molecular flexibility index (Phi) is 6.07. The van der Waals surface area contributed by atoms with Crippen molar-refractivity contribution < 1.29 is 13.7 Å². The van der Waals surface area contributed by atoms with E-state index in [9.17, 15) is 4.79 Å². The minimum absolute atomic E-state index is 0.00786. The van der Waals surface area contributed by atoms with Crippen LogP contribution >= 0.6 is 31.9 Å². The highest BCUT2D eigenvalue weighted by atomic mass is 79.9. The molecule has 2 aliphatic rings. The van der Waals surface area contributed by atoms with Crippen molar-refractivity contribution in [3.8, 4) is 11.5 Å². The van der Waals surface area contributed by atoms with E-state index in [-0.39, 0.29) is 5.91 Å². The molecule has 2 aromatic heterocycles. The molecule has 0 aliphatic heterocycles. The zero-order valence-electron chi connectivity index (χ0n) is 15.3. The van der Waals surface area contributed by atoms with Gasteiger partial charge in [-0.2, -0.15) is 0 Å². The predicted molar refractivity (Wildman–Crippen MR) is 110 cm³/mol. The average Bonchev–Trinajstić information content (AvgIpc) is 3.31. The van der Waals surface area contributed by atoms with Crippen LogP contribution < -0.4 is 0 Å². The summed E-state index contributed by atoms with van der Waals surface area (Å²) in [4.78, 5) is 15.6. The number of halogens is 2. The first-order valence-corrected chi connectivity index (χ1v) is 11.5. The van der Waals surface area contributed by atoms with E-state index in [0.29, 0.717) is 34.0 Å². The van der Waals surface area contributed by atoms with E-state index in [4.69, 9.17) is 8.94 Å². The van der Waals surface area contributed by atoms with E-state index in [2.05, 4.69) is 41.9 Å². The molecule has 0 N–H and O–H groups in total. The first-order valence-electron chi connectivity index (χ1n) is 9.88. The lowest BCUT2D eigenvalue weighted by molar-refractivity contribution is 0.0438. The molecule has 0 atom stereocenters. The molecule has 7 heteroatoms. The van der Waals surface area contributed by atoms with Crippen LogP contribution in [0, 0.1) is 0 Å². The molecular weight excluding hydrogens is 476 g/mol. The number of hydrogen-bond acceptors (Lipinski definition) is 4. The van der Waals surface area contributed by atoms with Gasteiger partial charge in [0.1, 0.15) is 0 Å². The summed E-state index contributed by atoms with van der Waals surface area (Å²) in [6.45, 7) is 0. The van der Waals surface area contributed by atoms with Gasteiger partial charge in [-0.25, -0.2) is 0 Å². The van der Waals surface area contributed by atoms with Crippen molar-refractivity contribution in [3.63, 3.8) is 0 Å². The first-order chi connectivity index (χ1) is 13.1. The van der Waals surface area contributed by atoms with Crippen LogP contribution in [0.15, 0.2) is 30.2 Å². The van der Waals surface area contributed by atoms with Gasteiger partial charge >= 0.3 is 0 Å². The molecule has 0 radical (unpaired) electrons. The molecule has 0 aromatic carbocycles. The summed E-state index contributed by atoms with van der Waals surface area (Å²) in [6, 6.07) is 4.18. The summed E-state index contributed by atoms with van der Waals surface area (Å²) < 4.78 is 12.4. The zero-order valence-corrected chi connectivity index (χ0v) is 18.4. The second-order valence-corrected chi connectivity index (χ2v) is 9.18. The molecule has 2 saturated carbocycles. The van der Waals surface area contributed by atoms with Gasteiger partial charge in [0, 0.05) is 24.2 Å². The minimum Gasteiger partial charge on any atom is -0.445 e. The van der Waals surface area contributed by atoms with Gasteiger partial charge in [0.25, 0.3) is 5.91 Å². The number of carbonyl (C=O) groups is 1. The summed E-state index contributed by atoms with van der Waals surface area (Å²) >= 11 is 6.72. The monoisotopic (exact) mass is 498 g/mol. The number of carbonyl (C=O) groups excluding carboxylic acids is 1. The fourth-order valence-corrected chi connectivity index (χ4v) is 5.02. The Morgan fingerprint density at radius 3 is 2.04 bits per heavy atom. The molecule has 4 rings (SSSR count). The number of aromatic nitrogens is 1. The zero-order chi connectivity index (χ0) is 18.8. The van der Waals surface area contributed by atoms with Gasteiger partial charge in [-0.15, -0.1) is 0 Å². The Morgan fingerprint density at radius 1 is 0.926 bits per heavy atom. The van der Waals surface area contributed by atoms with Crippen LogP contribution in [0.5, 0.6) is 0 Å². The van der Waals surface area contributed by atoms with Crippen molar-refractivity contribution in [2.75, 3.05) is 0 Å². The van der Waals surface area contributed by atoms with Crippen LogP contribution in [0.4, 0.5) is 0 Å². The molecule has 27 heavy (non-hydrogen) atoms. The van der Waals surface area contributed by atoms with E-state index in [1.54, 1.807) is 12.1 Å². The maximum Gasteiger partial charge on any atom is 0.276 e. The standard InChI is InChI=1S/C20H24Br2N2O3/c21-15-11-17(26-19(15)22)18-12-16(23-27-18)20(25)24(13-7-3-1-4-8-13)14-9-5-2-6-10-14/h11-14H,1-10H2. The van der Waals surface area contributed by atoms with Crippen molar-refractivity contribution in [1.82, 2.24) is 10.1 Å². The third-order valence-corrected chi connectivity index (χ3v) is 7.50. The van der Waals surface area contributed by atoms with Gasteiger partial charge < -0.3 is 13.8 Å². The third kappa shape index (κ3) is 4.19. The van der Waals surface area contributed by atoms with Crippen molar-refractivity contribution >= 4 is 37.8 Å². The Balaban J connectivity index is 1.58. The lowest BCUT2D eigenvalue weighted by atomic mass is 9.88. The van der Waals surface area contributed by atoms with Crippen molar-refractivity contribution in [2.45, 2.75) is 76.3 Å². The Labute approximate surface area is 176 Å².